The van der Waals surface area contributed by atoms with Gasteiger partial charge in [-0.3, -0.25) is 9.80 Å². The molecule has 2 nitrogen and oxygen atoms in total. The molecule has 0 aromatic carbocycles. The highest BCUT2D eigenvalue weighted by Crippen LogP contribution is 2.46. The van der Waals surface area contributed by atoms with Crippen LogP contribution in [0.3, 0.4) is 0 Å². The van der Waals surface area contributed by atoms with Crippen LogP contribution in [0, 0.1) is 0 Å². The van der Waals surface area contributed by atoms with Gasteiger partial charge in [-0.2, -0.15) is 0 Å². The van der Waals surface area contributed by atoms with Crippen molar-refractivity contribution >= 4 is 25.3 Å². The molecule has 0 saturated carbocycles. The number of rotatable bonds is 0. The number of thiol groups is 2. The SMILES string of the molecule is CN1C(C)(C)CN(C)C(S)(S)C1(C)C. The van der Waals surface area contributed by atoms with Crippen molar-refractivity contribution in [3.05, 3.63) is 0 Å². The van der Waals surface area contributed by atoms with Crippen LogP contribution in [0.1, 0.15) is 27.7 Å². The van der Waals surface area contributed by atoms with E-state index in [4.69, 9.17) is 0 Å². The Morgan fingerprint density at radius 1 is 1.00 bits per heavy atom. The van der Waals surface area contributed by atoms with E-state index in [1.807, 2.05) is 0 Å². The van der Waals surface area contributed by atoms with Crippen LogP contribution in [0.25, 0.3) is 0 Å². The Morgan fingerprint density at radius 3 is 1.86 bits per heavy atom. The molecule has 1 saturated heterocycles. The monoisotopic (exact) mass is 234 g/mol. The summed E-state index contributed by atoms with van der Waals surface area (Å²) in [5.74, 6) is 0. The summed E-state index contributed by atoms with van der Waals surface area (Å²) in [5.41, 5.74) is 0.0862. The van der Waals surface area contributed by atoms with E-state index >= 15 is 0 Å². The topological polar surface area (TPSA) is 6.48 Å². The molecule has 1 heterocycles. The van der Waals surface area contributed by atoms with Crippen molar-refractivity contribution in [1.82, 2.24) is 9.80 Å². The van der Waals surface area contributed by atoms with Crippen LogP contribution in [-0.2, 0) is 0 Å². The lowest BCUT2D eigenvalue weighted by Crippen LogP contribution is -2.73. The molecule has 0 atom stereocenters. The fourth-order valence-electron chi connectivity index (χ4n) is 2.25. The number of hydrogen-bond acceptors (Lipinski definition) is 4. The van der Waals surface area contributed by atoms with Gasteiger partial charge in [0.05, 0.1) is 5.54 Å². The second-order valence-electron chi connectivity index (χ2n) is 5.42. The van der Waals surface area contributed by atoms with E-state index in [9.17, 15) is 0 Å². The third kappa shape index (κ3) is 1.60. The highest BCUT2D eigenvalue weighted by Gasteiger charge is 2.54. The molecule has 0 unspecified atom stereocenters. The fraction of sp³-hybridized carbons (Fsp3) is 1.00. The number of nitrogens with zero attached hydrogens (tertiary/aromatic N) is 2. The first-order chi connectivity index (χ1) is 6.03. The molecule has 4 heteroatoms. The van der Waals surface area contributed by atoms with E-state index in [2.05, 4.69) is 76.8 Å². The van der Waals surface area contributed by atoms with Gasteiger partial charge in [-0.1, -0.05) is 0 Å². The molecule has 1 rings (SSSR count). The van der Waals surface area contributed by atoms with Crippen molar-refractivity contribution < 1.29 is 0 Å². The van der Waals surface area contributed by atoms with Crippen LogP contribution in [0.2, 0.25) is 0 Å². The van der Waals surface area contributed by atoms with Gasteiger partial charge in [0, 0.05) is 12.1 Å². The lowest BCUT2D eigenvalue weighted by Gasteiger charge is -2.61. The van der Waals surface area contributed by atoms with Gasteiger partial charge in [-0.15, -0.1) is 25.3 Å². The summed E-state index contributed by atoms with van der Waals surface area (Å²) in [4.78, 5) is 4.57. The summed E-state index contributed by atoms with van der Waals surface area (Å²) in [6.45, 7) is 9.85. The molecule has 84 valence electrons. The number of likely N-dealkylation sites (N-methyl/N-ethyl adjacent to an activating group) is 2. The van der Waals surface area contributed by atoms with Crippen molar-refractivity contribution in [2.24, 2.45) is 0 Å². The molecule has 1 aliphatic rings. The maximum atomic E-state index is 4.68. The highest BCUT2D eigenvalue weighted by molar-refractivity contribution is 8.00. The Labute approximate surface area is 98.8 Å². The second kappa shape index (κ2) is 3.30. The zero-order valence-corrected chi connectivity index (χ0v) is 11.8. The van der Waals surface area contributed by atoms with Gasteiger partial charge in [-0.05, 0) is 41.8 Å². The minimum absolute atomic E-state index is 0.0737. The van der Waals surface area contributed by atoms with E-state index in [1.165, 1.54) is 0 Å². The van der Waals surface area contributed by atoms with Crippen molar-refractivity contribution in [1.29, 1.82) is 0 Å². The minimum atomic E-state index is -0.392. The standard InChI is InChI=1S/C10H22N2S2/c1-8(2)7-11(5)10(13,14)9(3,4)12(8)6/h13-14H,7H2,1-6H3. The van der Waals surface area contributed by atoms with Crippen molar-refractivity contribution in [3.63, 3.8) is 0 Å². The average molecular weight is 234 g/mol. The molecule has 1 fully saturated rings. The van der Waals surface area contributed by atoms with E-state index in [0.29, 0.717) is 0 Å². The van der Waals surface area contributed by atoms with Gasteiger partial charge in [-0.25, -0.2) is 0 Å². The molecule has 0 aromatic rings. The lowest BCUT2D eigenvalue weighted by molar-refractivity contribution is -0.0636. The van der Waals surface area contributed by atoms with Crippen molar-refractivity contribution in [2.75, 3.05) is 20.6 Å². The first-order valence-electron chi connectivity index (χ1n) is 4.93. The molecule has 0 amide bonds. The second-order valence-corrected chi connectivity index (χ2v) is 7.07. The van der Waals surface area contributed by atoms with Crippen molar-refractivity contribution in [2.45, 2.75) is 43.0 Å². The van der Waals surface area contributed by atoms with Gasteiger partial charge in [0.15, 0.2) is 0 Å². The first-order valence-corrected chi connectivity index (χ1v) is 5.83. The molecule has 0 aliphatic carbocycles. The molecule has 0 bridgehead atoms. The van der Waals surface area contributed by atoms with Gasteiger partial charge >= 0.3 is 0 Å². The number of piperazine rings is 1. The maximum Gasteiger partial charge on any atom is 0.126 e. The first kappa shape index (κ1) is 12.7. The fourth-order valence-corrected chi connectivity index (χ4v) is 2.69. The average Bonchev–Trinajstić information content (AvgIpc) is 1.99. The molecule has 14 heavy (non-hydrogen) atoms. The Bertz CT molecular complexity index is 236. The van der Waals surface area contributed by atoms with E-state index in [0.717, 1.165) is 6.54 Å². The minimum Gasteiger partial charge on any atom is -0.291 e. The predicted molar refractivity (Wildman–Crippen MR) is 69.3 cm³/mol. The summed E-state index contributed by atoms with van der Waals surface area (Å²) in [5, 5.41) is 0. The maximum absolute atomic E-state index is 4.68. The summed E-state index contributed by atoms with van der Waals surface area (Å²) in [6, 6.07) is 0. The smallest absolute Gasteiger partial charge is 0.126 e. The van der Waals surface area contributed by atoms with Crippen LogP contribution in [0.5, 0.6) is 0 Å². The lowest BCUT2D eigenvalue weighted by atomic mass is 9.88. The van der Waals surface area contributed by atoms with E-state index in [-0.39, 0.29) is 11.1 Å². The predicted octanol–water partition coefficient (Wildman–Crippen LogP) is 1.93. The summed E-state index contributed by atoms with van der Waals surface area (Å²) < 4.78 is -0.392. The zero-order valence-electron chi connectivity index (χ0n) is 10.00. The molecule has 0 N–H and O–H groups in total. The van der Waals surface area contributed by atoms with Crippen LogP contribution in [0.4, 0.5) is 0 Å². The molecular formula is C10H22N2S2. The summed E-state index contributed by atoms with van der Waals surface area (Å²) in [7, 11) is 4.23. The van der Waals surface area contributed by atoms with Crippen LogP contribution in [0.15, 0.2) is 0 Å². The van der Waals surface area contributed by atoms with Crippen LogP contribution < -0.4 is 0 Å². The Morgan fingerprint density at radius 2 is 1.43 bits per heavy atom. The summed E-state index contributed by atoms with van der Waals surface area (Å²) in [6.07, 6.45) is 0. The molecule has 0 aromatic heterocycles. The quantitative estimate of drug-likeness (QED) is 0.488. The highest BCUT2D eigenvalue weighted by atomic mass is 32.2. The normalized spacial score (nSPS) is 31.7. The van der Waals surface area contributed by atoms with E-state index < -0.39 is 4.20 Å². The van der Waals surface area contributed by atoms with Crippen LogP contribution in [-0.4, -0.2) is 45.7 Å². The Balaban J connectivity index is 3.12. The Kier molecular flexibility index (Phi) is 3.00. The van der Waals surface area contributed by atoms with Gasteiger partial charge in [0.25, 0.3) is 0 Å². The molecule has 0 radical (unpaired) electrons. The molecule has 1 aliphatic heterocycles. The summed E-state index contributed by atoms with van der Waals surface area (Å²) >= 11 is 9.36. The van der Waals surface area contributed by atoms with Gasteiger partial charge < -0.3 is 0 Å². The zero-order chi connectivity index (χ0) is 11.4. The number of hydrogen-bond donors (Lipinski definition) is 2. The molecule has 0 spiro atoms. The molecular weight excluding hydrogens is 212 g/mol. The van der Waals surface area contributed by atoms with Gasteiger partial charge in [0.1, 0.15) is 4.20 Å². The Hall–Kier alpha value is 0.620. The van der Waals surface area contributed by atoms with Gasteiger partial charge in [0.2, 0.25) is 0 Å². The van der Waals surface area contributed by atoms with Crippen LogP contribution >= 0.6 is 25.3 Å². The third-order valence-electron chi connectivity index (χ3n) is 3.72. The van der Waals surface area contributed by atoms with E-state index in [1.54, 1.807) is 0 Å². The van der Waals surface area contributed by atoms with Crippen molar-refractivity contribution in [3.8, 4) is 0 Å². The third-order valence-corrected chi connectivity index (χ3v) is 5.50. The largest absolute Gasteiger partial charge is 0.291 e.